The number of anilines is 1. The van der Waals surface area contributed by atoms with E-state index in [0.29, 0.717) is 24.5 Å². The SMILES string of the molecule is CCOC(=O)c1cn(Cc2ccc(N3CC4C(C3)C4(F)F)nc2Cl)nn1. The molecule has 2 aliphatic rings. The summed E-state index contributed by atoms with van der Waals surface area (Å²) in [6.07, 6.45) is 1.47. The molecule has 4 rings (SSSR count). The minimum atomic E-state index is -2.52. The van der Waals surface area contributed by atoms with Crippen molar-refractivity contribution in [3.05, 3.63) is 34.7 Å². The highest BCUT2D eigenvalue weighted by Gasteiger charge is 2.71. The average Bonchev–Trinajstić information content (AvgIpc) is 3.05. The fourth-order valence-electron chi connectivity index (χ4n) is 3.29. The minimum Gasteiger partial charge on any atom is -0.461 e. The van der Waals surface area contributed by atoms with Crippen molar-refractivity contribution < 1.29 is 18.3 Å². The van der Waals surface area contributed by atoms with Crippen LogP contribution in [0.1, 0.15) is 23.0 Å². The van der Waals surface area contributed by atoms with Gasteiger partial charge in [-0.05, 0) is 13.0 Å². The first kappa shape index (κ1) is 17.1. The third-order valence-corrected chi connectivity index (χ3v) is 5.12. The average molecular weight is 384 g/mol. The summed E-state index contributed by atoms with van der Waals surface area (Å²) < 4.78 is 32.9. The molecule has 0 amide bonds. The zero-order chi connectivity index (χ0) is 18.5. The van der Waals surface area contributed by atoms with Gasteiger partial charge in [0.1, 0.15) is 11.0 Å². The molecule has 1 aliphatic heterocycles. The molecule has 1 saturated heterocycles. The number of rotatable bonds is 5. The summed E-state index contributed by atoms with van der Waals surface area (Å²) in [7, 11) is 0. The van der Waals surface area contributed by atoms with Crippen LogP contribution in [0.15, 0.2) is 18.3 Å². The molecule has 1 aliphatic carbocycles. The Morgan fingerprint density at radius 2 is 2.12 bits per heavy atom. The van der Waals surface area contributed by atoms with E-state index in [-0.39, 0.29) is 24.0 Å². The fraction of sp³-hybridized carbons (Fsp3) is 0.500. The summed E-state index contributed by atoms with van der Waals surface area (Å²) in [4.78, 5) is 17.8. The van der Waals surface area contributed by atoms with Crippen LogP contribution in [0.5, 0.6) is 0 Å². The van der Waals surface area contributed by atoms with Gasteiger partial charge >= 0.3 is 5.97 Å². The second-order valence-corrected chi connectivity index (χ2v) is 6.79. The fourth-order valence-corrected chi connectivity index (χ4v) is 3.50. The molecule has 2 aromatic heterocycles. The number of carbonyl (C=O) groups excluding carboxylic acids is 1. The Balaban J connectivity index is 1.43. The molecule has 138 valence electrons. The number of pyridine rings is 1. The largest absolute Gasteiger partial charge is 0.461 e. The van der Waals surface area contributed by atoms with Crippen molar-refractivity contribution in [2.24, 2.45) is 11.8 Å². The van der Waals surface area contributed by atoms with Crippen LogP contribution < -0.4 is 4.90 Å². The number of aromatic nitrogens is 4. The van der Waals surface area contributed by atoms with E-state index < -0.39 is 23.7 Å². The van der Waals surface area contributed by atoms with Gasteiger partial charge in [-0.3, -0.25) is 0 Å². The van der Waals surface area contributed by atoms with E-state index in [9.17, 15) is 13.6 Å². The van der Waals surface area contributed by atoms with Crippen LogP contribution in [0.25, 0.3) is 0 Å². The van der Waals surface area contributed by atoms with Crippen LogP contribution >= 0.6 is 11.6 Å². The molecular formula is C16H16ClF2N5O2. The Hall–Kier alpha value is -2.29. The Labute approximate surface area is 152 Å². The van der Waals surface area contributed by atoms with Gasteiger partial charge in [0.05, 0.1) is 31.2 Å². The molecule has 10 heteroatoms. The van der Waals surface area contributed by atoms with Crippen LogP contribution in [0.3, 0.4) is 0 Å². The van der Waals surface area contributed by atoms with Gasteiger partial charge in [-0.1, -0.05) is 22.9 Å². The normalized spacial score (nSPS) is 23.0. The van der Waals surface area contributed by atoms with Crippen molar-refractivity contribution in [1.82, 2.24) is 20.0 Å². The summed E-state index contributed by atoms with van der Waals surface area (Å²) in [6.45, 7) is 2.84. The number of nitrogens with zero attached hydrogens (tertiary/aromatic N) is 5. The minimum absolute atomic E-state index is 0.116. The van der Waals surface area contributed by atoms with Crippen LogP contribution in [-0.2, 0) is 11.3 Å². The van der Waals surface area contributed by atoms with Crippen molar-refractivity contribution in [3.8, 4) is 0 Å². The second-order valence-electron chi connectivity index (χ2n) is 6.43. The lowest BCUT2D eigenvalue weighted by Crippen LogP contribution is -2.28. The maximum Gasteiger partial charge on any atom is 0.360 e. The quantitative estimate of drug-likeness (QED) is 0.582. The van der Waals surface area contributed by atoms with E-state index in [2.05, 4.69) is 15.3 Å². The smallest absolute Gasteiger partial charge is 0.360 e. The summed E-state index contributed by atoms with van der Waals surface area (Å²) in [5.41, 5.74) is 0.801. The van der Waals surface area contributed by atoms with Gasteiger partial charge in [-0.2, -0.15) is 0 Å². The van der Waals surface area contributed by atoms with Crippen LogP contribution in [0, 0.1) is 11.8 Å². The molecular weight excluding hydrogens is 368 g/mol. The summed E-state index contributed by atoms with van der Waals surface area (Å²) in [6, 6.07) is 3.53. The third kappa shape index (κ3) is 2.90. The second kappa shape index (κ2) is 6.15. The van der Waals surface area contributed by atoms with Crippen LogP contribution in [0.4, 0.5) is 14.6 Å². The Kier molecular flexibility index (Phi) is 4.06. The van der Waals surface area contributed by atoms with E-state index in [1.165, 1.54) is 10.9 Å². The Bertz CT molecular complexity index is 845. The van der Waals surface area contributed by atoms with Gasteiger partial charge in [0.25, 0.3) is 5.92 Å². The monoisotopic (exact) mass is 383 g/mol. The van der Waals surface area contributed by atoms with Crippen LogP contribution in [-0.4, -0.2) is 51.6 Å². The molecule has 7 nitrogen and oxygen atoms in total. The lowest BCUT2D eigenvalue weighted by Gasteiger charge is -2.21. The summed E-state index contributed by atoms with van der Waals surface area (Å²) >= 11 is 6.24. The van der Waals surface area contributed by atoms with Gasteiger partial charge in [0, 0.05) is 18.7 Å². The van der Waals surface area contributed by atoms with E-state index in [0.717, 1.165) is 0 Å². The number of halogens is 3. The first-order chi connectivity index (χ1) is 12.4. The number of esters is 1. The highest BCUT2D eigenvalue weighted by atomic mass is 35.5. The molecule has 2 fully saturated rings. The van der Waals surface area contributed by atoms with Crippen LogP contribution in [0.2, 0.25) is 5.15 Å². The predicted molar refractivity (Wildman–Crippen MR) is 88.5 cm³/mol. The van der Waals surface area contributed by atoms with Crippen molar-refractivity contribution in [2.75, 3.05) is 24.6 Å². The molecule has 1 saturated carbocycles. The van der Waals surface area contributed by atoms with E-state index >= 15 is 0 Å². The van der Waals surface area contributed by atoms with Crippen molar-refractivity contribution in [1.29, 1.82) is 0 Å². The van der Waals surface area contributed by atoms with Gasteiger partial charge in [-0.15, -0.1) is 5.10 Å². The van der Waals surface area contributed by atoms with Gasteiger partial charge < -0.3 is 9.64 Å². The zero-order valence-electron chi connectivity index (χ0n) is 13.9. The number of hydrogen-bond acceptors (Lipinski definition) is 6. The number of carbonyl (C=O) groups is 1. The molecule has 0 N–H and O–H groups in total. The maximum absolute atomic E-state index is 13.3. The zero-order valence-corrected chi connectivity index (χ0v) is 14.7. The molecule has 2 unspecified atom stereocenters. The molecule has 0 aromatic carbocycles. The lowest BCUT2D eigenvalue weighted by atomic mass is 10.2. The first-order valence-corrected chi connectivity index (χ1v) is 8.63. The molecule has 3 heterocycles. The van der Waals surface area contributed by atoms with E-state index in [4.69, 9.17) is 16.3 Å². The molecule has 0 spiro atoms. The van der Waals surface area contributed by atoms with E-state index in [1.54, 1.807) is 19.1 Å². The third-order valence-electron chi connectivity index (χ3n) is 4.79. The van der Waals surface area contributed by atoms with Crippen molar-refractivity contribution >= 4 is 23.4 Å². The molecule has 0 bridgehead atoms. The Morgan fingerprint density at radius 3 is 2.77 bits per heavy atom. The molecule has 0 radical (unpaired) electrons. The number of ether oxygens (including phenoxy) is 1. The van der Waals surface area contributed by atoms with Gasteiger partial charge in [0.2, 0.25) is 0 Å². The summed E-state index contributed by atoms with van der Waals surface area (Å²) in [5, 5.41) is 7.90. The number of fused-ring (bicyclic) bond motifs is 1. The predicted octanol–water partition coefficient (Wildman–Crippen LogP) is 2.25. The number of piperidine rings is 1. The summed E-state index contributed by atoms with van der Waals surface area (Å²) in [5.74, 6) is -3.61. The lowest BCUT2D eigenvalue weighted by molar-refractivity contribution is 0.0519. The molecule has 2 aromatic rings. The van der Waals surface area contributed by atoms with Gasteiger partial charge in [0.15, 0.2) is 5.69 Å². The molecule has 26 heavy (non-hydrogen) atoms. The Morgan fingerprint density at radius 1 is 1.38 bits per heavy atom. The topological polar surface area (TPSA) is 73.1 Å². The maximum atomic E-state index is 13.3. The first-order valence-electron chi connectivity index (χ1n) is 8.25. The number of hydrogen-bond donors (Lipinski definition) is 0. The van der Waals surface area contributed by atoms with Crippen molar-refractivity contribution in [3.63, 3.8) is 0 Å². The van der Waals surface area contributed by atoms with Crippen molar-refractivity contribution in [2.45, 2.75) is 19.4 Å². The van der Waals surface area contributed by atoms with Gasteiger partial charge in [-0.25, -0.2) is 23.2 Å². The van der Waals surface area contributed by atoms with E-state index in [1.807, 2.05) is 4.90 Å². The molecule has 2 atom stereocenters. The highest BCUT2D eigenvalue weighted by Crippen LogP contribution is 2.59. The highest BCUT2D eigenvalue weighted by molar-refractivity contribution is 6.30. The number of alkyl halides is 2. The standard InChI is InChI=1S/C16H16ClF2N5O2/c1-2-26-15(25)12-8-24(22-21-12)5-9-3-4-13(20-14(9)17)23-6-10-11(7-23)16(10,18)19/h3-4,8,10-11H,2,5-7H2,1H3.